The van der Waals surface area contributed by atoms with Gasteiger partial charge in [-0.05, 0) is 37.7 Å². The summed E-state index contributed by atoms with van der Waals surface area (Å²) in [5, 5.41) is 3.07. The molecule has 3 N–H and O–H groups in total. The maximum atomic E-state index is 5.94. The van der Waals surface area contributed by atoms with E-state index in [1.807, 2.05) is 19.1 Å². The molecule has 6 heteroatoms. The molecular formula is C18H31IN4O. The minimum atomic E-state index is 0. The lowest BCUT2D eigenvalue weighted by Gasteiger charge is -2.29. The van der Waals surface area contributed by atoms with Gasteiger partial charge in [-0.2, -0.15) is 0 Å². The number of ether oxygens (including phenoxy) is 1. The Kier molecular flexibility index (Phi) is 11.5. The number of guanidine groups is 1. The molecule has 24 heavy (non-hydrogen) atoms. The van der Waals surface area contributed by atoms with E-state index >= 15 is 0 Å². The number of nitrogens with one attached hydrogen (secondary N) is 1. The number of methoxy groups -OCH3 is 1. The molecule has 0 aliphatic heterocycles. The highest BCUT2D eigenvalue weighted by Crippen LogP contribution is 2.24. The Morgan fingerprint density at radius 2 is 2.04 bits per heavy atom. The first-order valence-electron chi connectivity index (χ1n) is 8.07. The first kappa shape index (κ1) is 22.7. The van der Waals surface area contributed by atoms with Crippen LogP contribution in [-0.4, -0.2) is 44.1 Å². The van der Waals surface area contributed by atoms with E-state index < -0.39 is 0 Å². The van der Waals surface area contributed by atoms with Crippen LogP contribution >= 0.6 is 24.0 Å². The average molecular weight is 446 g/mol. The van der Waals surface area contributed by atoms with Crippen molar-refractivity contribution < 1.29 is 4.74 Å². The summed E-state index contributed by atoms with van der Waals surface area (Å²) in [6.07, 6.45) is 0. The van der Waals surface area contributed by atoms with Crippen molar-refractivity contribution >= 4 is 29.9 Å². The van der Waals surface area contributed by atoms with E-state index in [2.05, 4.69) is 47.8 Å². The summed E-state index contributed by atoms with van der Waals surface area (Å²) in [7, 11) is 1.68. The molecule has 1 rings (SSSR count). The van der Waals surface area contributed by atoms with Crippen molar-refractivity contribution in [3.63, 3.8) is 0 Å². The molecular weight excluding hydrogens is 415 g/mol. The lowest BCUT2D eigenvalue weighted by Crippen LogP contribution is -2.35. The van der Waals surface area contributed by atoms with Crippen LogP contribution < -0.4 is 15.8 Å². The van der Waals surface area contributed by atoms with E-state index in [9.17, 15) is 0 Å². The molecule has 0 amide bonds. The zero-order valence-electron chi connectivity index (χ0n) is 15.2. The first-order chi connectivity index (χ1) is 11.0. The van der Waals surface area contributed by atoms with E-state index in [1.54, 1.807) is 7.11 Å². The summed E-state index contributed by atoms with van der Waals surface area (Å²) >= 11 is 0. The van der Waals surface area contributed by atoms with Crippen molar-refractivity contribution in [2.45, 2.75) is 26.8 Å². The Bertz CT molecular complexity index is 530. The number of hydrogen-bond acceptors (Lipinski definition) is 3. The number of rotatable bonds is 9. The fourth-order valence-electron chi connectivity index (χ4n) is 2.43. The fourth-order valence-corrected chi connectivity index (χ4v) is 2.43. The van der Waals surface area contributed by atoms with Crippen LogP contribution in [0.5, 0.6) is 5.75 Å². The lowest BCUT2D eigenvalue weighted by molar-refractivity contribution is 0.224. The topological polar surface area (TPSA) is 62.9 Å². The third kappa shape index (κ3) is 7.53. The number of halogens is 1. The standard InChI is InChI=1S/C18H30N4O.HI/c1-6-22(7-2)17(13-21-18(19)20-12-14(3)4)15-9-8-10-16(11-15)23-5;/h8-11,17H,3,6-7,12-13H2,1-2,4-5H3,(H3,19,20,21);1H. The van der Waals surface area contributed by atoms with Gasteiger partial charge in [0.05, 0.1) is 19.7 Å². The SMILES string of the molecule is C=C(C)CNC(N)=NCC(c1cccc(OC)c1)N(CC)CC.I. The molecule has 0 radical (unpaired) electrons. The minimum absolute atomic E-state index is 0. The van der Waals surface area contributed by atoms with Crippen LogP contribution in [0.15, 0.2) is 41.4 Å². The van der Waals surface area contributed by atoms with E-state index in [4.69, 9.17) is 10.5 Å². The van der Waals surface area contributed by atoms with Crippen LogP contribution in [-0.2, 0) is 0 Å². The molecule has 0 aliphatic carbocycles. The maximum absolute atomic E-state index is 5.94. The molecule has 0 saturated carbocycles. The second kappa shape index (κ2) is 12.1. The molecule has 0 heterocycles. The van der Waals surface area contributed by atoms with Gasteiger partial charge >= 0.3 is 0 Å². The molecule has 0 aliphatic rings. The molecule has 5 nitrogen and oxygen atoms in total. The first-order valence-corrected chi connectivity index (χ1v) is 8.07. The van der Waals surface area contributed by atoms with Crippen LogP contribution in [0.4, 0.5) is 0 Å². The molecule has 136 valence electrons. The van der Waals surface area contributed by atoms with Crippen LogP contribution in [0.1, 0.15) is 32.4 Å². The van der Waals surface area contributed by atoms with Crippen molar-refractivity contribution in [3.05, 3.63) is 42.0 Å². The van der Waals surface area contributed by atoms with Crippen molar-refractivity contribution in [2.75, 3.05) is 33.3 Å². The summed E-state index contributed by atoms with van der Waals surface area (Å²) in [5.41, 5.74) is 8.15. The highest BCUT2D eigenvalue weighted by atomic mass is 127. The van der Waals surface area contributed by atoms with Gasteiger partial charge in [-0.25, -0.2) is 0 Å². The fraction of sp³-hybridized carbons (Fsp3) is 0.500. The van der Waals surface area contributed by atoms with Gasteiger partial charge in [0.25, 0.3) is 0 Å². The number of nitrogens with zero attached hydrogens (tertiary/aromatic N) is 2. The third-order valence-electron chi connectivity index (χ3n) is 3.74. The van der Waals surface area contributed by atoms with E-state index in [-0.39, 0.29) is 30.0 Å². The van der Waals surface area contributed by atoms with Crippen LogP contribution in [0.2, 0.25) is 0 Å². The predicted octanol–water partition coefficient (Wildman–Crippen LogP) is 3.18. The molecule has 1 aromatic carbocycles. The maximum Gasteiger partial charge on any atom is 0.188 e. The lowest BCUT2D eigenvalue weighted by atomic mass is 10.0. The summed E-state index contributed by atoms with van der Waals surface area (Å²) in [6.45, 7) is 13.3. The van der Waals surface area contributed by atoms with Crippen molar-refractivity contribution in [1.29, 1.82) is 0 Å². The number of likely N-dealkylation sites (N-methyl/N-ethyl adjacent to an activating group) is 1. The van der Waals surface area contributed by atoms with Gasteiger partial charge in [0.15, 0.2) is 5.96 Å². The zero-order chi connectivity index (χ0) is 17.2. The number of aliphatic imine (C=N–C) groups is 1. The molecule has 1 aromatic rings. The Labute approximate surface area is 163 Å². The van der Waals surface area contributed by atoms with Gasteiger partial charge in [-0.3, -0.25) is 9.89 Å². The van der Waals surface area contributed by atoms with Gasteiger partial charge in [0, 0.05) is 6.54 Å². The van der Waals surface area contributed by atoms with E-state index in [1.165, 1.54) is 5.56 Å². The van der Waals surface area contributed by atoms with Crippen molar-refractivity contribution in [3.8, 4) is 5.75 Å². The van der Waals surface area contributed by atoms with Gasteiger partial charge in [-0.15, -0.1) is 24.0 Å². The normalized spacial score (nSPS) is 12.5. The molecule has 0 spiro atoms. The van der Waals surface area contributed by atoms with Gasteiger partial charge in [0.2, 0.25) is 0 Å². The molecule has 0 aromatic heterocycles. The number of hydrogen-bond donors (Lipinski definition) is 2. The van der Waals surface area contributed by atoms with Gasteiger partial charge in [0.1, 0.15) is 5.75 Å². The summed E-state index contributed by atoms with van der Waals surface area (Å²) < 4.78 is 5.34. The quantitative estimate of drug-likeness (QED) is 0.265. The van der Waals surface area contributed by atoms with Gasteiger partial charge in [-0.1, -0.05) is 38.1 Å². The molecule has 1 atom stereocenters. The minimum Gasteiger partial charge on any atom is -0.497 e. The second-order valence-electron chi connectivity index (χ2n) is 5.55. The highest BCUT2D eigenvalue weighted by Gasteiger charge is 2.18. The van der Waals surface area contributed by atoms with Crippen molar-refractivity contribution in [1.82, 2.24) is 10.2 Å². The zero-order valence-corrected chi connectivity index (χ0v) is 17.5. The third-order valence-corrected chi connectivity index (χ3v) is 3.74. The summed E-state index contributed by atoms with van der Waals surface area (Å²) in [6, 6.07) is 8.31. The monoisotopic (exact) mass is 446 g/mol. The Morgan fingerprint density at radius 1 is 1.38 bits per heavy atom. The molecule has 1 unspecified atom stereocenters. The van der Waals surface area contributed by atoms with Crippen LogP contribution in [0, 0.1) is 0 Å². The molecule has 0 saturated heterocycles. The van der Waals surface area contributed by atoms with Crippen LogP contribution in [0.25, 0.3) is 0 Å². The molecule has 0 fully saturated rings. The largest absolute Gasteiger partial charge is 0.497 e. The van der Waals surface area contributed by atoms with E-state index in [0.29, 0.717) is 19.0 Å². The van der Waals surface area contributed by atoms with E-state index in [0.717, 1.165) is 24.4 Å². The highest BCUT2D eigenvalue weighted by molar-refractivity contribution is 14.0. The Morgan fingerprint density at radius 3 is 2.58 bits per heavy atom. The summed E-state index contributed by atoms with van der Waals surface area (Å²) in [4.78, 5) is 6.87. The predicted molar refractivity (Wildman–Crippen MR) is 113 cm³/mol. The van der Waals surface area contributed by atoms with Crippen molar-refractivity contribution in [2.24, 2.45) is 10.7 Å². The summed E-state index contributed by atoms with van der Waals surface area (Å²) in [5.74, 6) is 1.31. The Balaban J connectivity index is 0.00000529. The van der Waals surface area contributed by atoms with Gasteiger partial charge < -0.3 is 15.8 Å². The van der Waals surface area contributed by atoms with Crippen LogP contribution in [0.3, 0.4) is 0 Å². The number of nitrogens with two attached hydrogens (primary N) is 1. The average Bonchev–Trinajstić information content (AvgIpc) is 2.56. The smallest absolute Gasteiger partial charge is 0.188 e. The second-order valence-corrected chi connectivity index (χ2v) is 5.55. The number of benzene rings is 1. The molecule has 0 bridgehead atoms. The Hall–Kier alpha value is -1.28.